The van der Waals surface area contributed by atoms with Gasteiger partial charge in [0.15, 0.2) is 5.58 Å². The lowest BCUT2D eigenvalue weighted by Crippen LogP contribution is -2.37. The first-order chi connectivity index (χ1) is 10.6. The van der Waals surface area contributed by atoms with E-state index in [0.29, 0.717) is 23.6 Å². The van der Waals surface area contributed by atoms with Crippen LogP contribution >= 0.6 is 0 Å². The highest BCUT2D eigenvalue weighted by Gasteiger charge is 2.15. The number of carbonyl (C=O) groups excluding carboxylic acids is 2. The van der Waals surface area contributed by atoms with Crippen molar-refractivity contribution in [1.82, 2.24) is 15.2 Å². The molecule has 2 amide bonds. The Morgan fingerprint density at radius 3 is 2.77 bits per heavy atom. The quantitative estimate of drug-likeness (QED) is 0.745. The maximum absolute atomic E-state index is 12.1. The zero-order valence-electron chi connectivity index (χ0n) is 12.0. The summed E-state index contributed by atoms with van der Waals surface area (Å²) in [6.07, 6.45) is 3.10. The molecule has 3 aromatic rings. The summed E-state index contributed by atoms with van der Waals surface area (Å²) < 4.78 is 12.1. The summed E-state index contributed by atoms with van der Waals surface area (Å²) >= 11 is 0. The average molecular weight is 301 g/mol. The fourth-order valence-electron chi connectivity index (χ4n) is 2.18. The van der Waals surface area contributed by atoms with Gasteiger partial charge in [-0.25, -0.2) is 0 Å². The SMILES string of the molecule is Cn1c(C(=O)NCC(=O)NCc2ccco2)cc2occc21. The Hall–Kier alpha value is -2.96. The monoisotopic (exact) mass is 301 g/mol. The van der Waals surface area contributed by atoms with Crippen LogP contribution in [0.3, 0.4) is 0 Å². The lowest BCUT2D eigenvalue weighted by atomic mass is 10.4. The second kappa shape index (κ2) is 5.80. The first-order valence-corrected chi connectivity index (χ1v) is 6.75. The molecule has 0 spiro atoms. The number of hydrogen-bond donors (Lipinski definition) is 2. The molecule has 3 aromatic heterocycles. The van der Waals surface area contributed by atoms with E-state index in [1.807, 2.05) is 0 Å². The van der Waals surface area contributed by atoms with Crippen molar-refractivity contribution in [3.63, 3.8) is 0 Å². The molecule has 0 fully saturated rings. The van der Waals surface area contributed by atoms with Gasteiger partial charge in [0.2, 0.25) is 5.91 Å². The Labute approximate surface area is 125 Å². The number of fused-ring (bicyclic) bond motifs is 1. The second-order valence-electron chi connectivity index (χ2n) is 4.80. The van der Waals surface area contributed by atoms with Gasteiger partial charge in [-0.15, -0.1) is 0 Å². The Bertz CT molecular complexity index is 798. The number of nitrogens with one attached hydrogen (secondary N) is 2. The van der Waals surface area contributed by atoms with Gasteiger partial charge in [-0.3, -0.25) is 9.59 Å². The zero-order valence-corrected chi connectivity index (χ0v) is 12.0. The first kappa shape index (κ1) is 14.0. The van der Waals surface area contributed by atoms with Gasteiger partial charge in [-0.2, -0.15) is 0 Å². The van der Waals surface area contributed by atoms with Crippen LogP contribution in [-0.4, -0.2) is 22.9 Å². The molecule has 0 aliphatic carbocycles. The van der Waals surface area contributed by atoms with Crippen LogP contribution in [0, 0.1) is 0 Å². The van der Waals surface area contributed by atoms with Crippen molar-refractivity contribution >= 4 is 22.9 Å². The van der Waals surface area contributed by atoms with Crippen LogP contribution in [0.25, 0.3) is 11.1 Å². The number of amides is 2. The Balaban J connectivity index is 1.54. The van der Waals surface area contributed by atoms with Crippen molar-refractivity contribution in [3.8, 4) is 0 Å². The van der Waals surface area contributed by atoms with E-state index in [-0.39, 0.29) is 18.4 Å². The number of nitrogens with zero attached hydrogens (tertiary/aromatic N) is 1. The van der Waals surface area contributed by atoms with Crippen molar-refractivity contribution < 1.29 is 18.4 Å². The summed E-state index contributed by atoms with van der Waals surface area (Å²) in [5.74, 6) is 0.0344. The Morgan fingerprint density at radius 1 is 1.18 bits per heavy atom. The number of aryl methyl sites for hydroxylation is 1. The number of carbonyl (C=O) groups is 2. The van der Waals surface area contributed by atoms with Crippen molar-refractivity contribution in [2.45, 2.75) is 6.54 Å². The fourth-order valence-corrected chi connectivity index (χ4v) is 2.18. The molecule has 114 valence electrons. The van der Waals surface area contributed by atoms with Gasteiger partial charge in [0.1, 0.15) is 11.5 Å². The predicted molar refractivity (Wildman–Crippen MR) is 78.1 cm³/mol. The standard InChI is InChI=1S/C15H15N3O4/c1-18-11-4-6-22-13(11)7-12(18)15(20)17-9-14(19)16-8-10-3-2-5-21-10/h2-7H,8-9H2,1H3,(H,16,19)(H,17,20). The van der Waals surface area contributed by atoms with Gasteiger partial charge in [0, 0.05) is 19.2 Å². The highest BCUT2D eigenvalue weighted by molar-refractivity contribution is 5.99. The van der Waals surface area contributed by atoms with Crippen LogP contribution in [-0.2, 0) is 18.4 Å². The van der Waals surface area contributed by atoms with E-state index in [1.165, 1.54) is 6.26 Å². The third-order valence-corrected chi connectivity index (χ3v) is 3.35. The average Bonchev–Trinajstić information content (AvgIpc) is 3.22. The van der Waals surface area contributed by atoms with Crippen LogP contribution < -0.4 is 10.6 Å². The minimum atomic E-state index is -0.331. The van der Waals surface area contributed by atoms with Crippen LogP contribution in [0.4, 0.5) is 0 Å². The maximum atomic E-state index is 12.1. The highest BCUT2D eigenvalue weighted by atomic mass is 16.3. The van der Waals surface area contributed by atoms with Gasteiger partial charge in [0.25, 0.3) is 5.91 Å². The van der Waals surface area contributed by atoms with E-state index < -0.39 is 0 Å². The molecule has 7 heteroatoms. The van der Waals surface area contributed by atoms with E-state index >= 15 is 0 Å². The molecule has 0 bridgehead atoms. The predicted octanol–water partition coefficient (Wildman–Crippen LogP) is 1.41. The lowest BCUT2D eigenvalue weighted by molar-refractivity contribution is -0.120. The summed E-state index contributed by atoms with van der Waals surface area (Å²) in [6.45, 7) is 0.185. The maximum Gasteiger partial charge on any atom is 0.268 e. The molecular formula is C15H15N3O4. The van der Waals surface area contributed by atoms with Gasteiger partial charge >= 0.3 is 0 Å². The van der Waals surface area contributed by atoms with E-state index in [0.717, 1.165) is 5.52 Å². The molecule has 0 atom stereocenters. The third-order valence-electron chi connectivity index (χ3n) is 3.35. The molecule has 3 heterocycles. The van der Waals surface area contributed by atoms with E-state index in [9.17, 15) is 9.59 Å². The van der Waals surface area contributed by atoms with Gasteiger partial charge in [-0.05, 0) is 12.1 Å². The number of hydrogen-bond acceptors (Lipinski definition) is 4. The lowest BCUT2D eigenvalue weighted by Gasteiger charge is -2.06. The summed E-state index contributed by atoms with van der Waals surface area (Å²) in [7, 11) is 1.77. The van der Waals surface area contributed by atoms with Gasteiger partial charge in [0.05, 0.1) is 31.1 Å². The number of rotatable bonds is 5. The molecule has 22 heavy (non-hydrogen) atoms. The number of aromatic nitrogens is 1. The molecule has 0 aromatic carbocycles. The zero-order chi connectivity index (χ0) is 15.5. The van der Waals surface area contributed by atoms with Gasteiger partial charge in [-0.1, -0.05) is 0 Å². The first-order valence-electron chi connectivity index (χ1n) is 6.75. The molecule has 0 saturated heterocycles. The summed E-state index contributed by atoms with van der Waals surface area (Å²) in [6, 6.07) is 6.93. The van der Waals surface area contributed by atoms with E-state index in [1.54, 1.807) is 42.1 Å². The van der Waals surface area contributed by atoms with Crippen LogP contribution in [0.2, 0.25) is 0 Å². The third kappa shape index (κ3) is 2.73. The number of furan rings is 2. The van der Waals surface area contributed by atoms with Crippen LogP contribution in [0.15, 0.2) is 45.6 Å². The second-order valence-corrected chi connectivity index (χ2v) is 4.80. The van der Waals surface area contributed by atoms with Crippen LogP contribution in [0.5, 0.6) is 0 Å². The van der Waals surface area contributed by atoms with Crippen molar-refractivity contribution in [3.05, 3.63) is 48.2 Å². The molecule has 2 N–H and O–H groups in total. The van der Waals surface area contributed by atoms with Crippen molar-refractivity contribution in [2.75, 3.05) is 6.54 Å². The molecule has 0 unspecified atom stereocenters. The van der Waals surface area contributed by atoms with Gasteiger partial charge < -0.3 is 24.0 Å². The Morgan fingerprint density at radius 2 is 2.05 bits per heavy atom. The molecule has 0 radical (unpaired) electrons. The highest BCUT2D eigenvalue weighted by Crippen LogP contribution is 2.19. The van der Waals surface area contributed by atoms with Crippen LogP contribution in [0.1, 0.15) is 16.2 Å². The van der Waals surface area contributed by atoms with Crippen molar-refractivity contribution in [2.24, 2.45) is 7.05 Å². The van der Waals surface area contributed by atoms with E-state index in [4.69, 9.17) is 8.83 Å². The summed E-state index contributed by atoms with van der Waals surface area (Å²) in [5.41, 5.74) is 1.90. The molecule has 0 aliphatic rings. The molecule has 0 aliphatic heterocycles. The topological polar surface area (TPSA) is 89.4 Å². The normalized spacial score (nSPS) is 10.8. The molecular weight excluding hydrogens is 286 g/mol. The molecule has 3 rings (SSSR count). The molecule has 7 nitrogen and oxygen atoms in total. The van der Waals surface area contributed by atoms with E-state index in [2.05, 4.69) is 10.6 Å². The summed E-state index contributed by atoms with van der Waals surface area (Å²) in [5, 5.41) is 5.23. The Kier molecular flexibility index (Phi) is 3.69. The summed E-state index contributed by atoms with van der Waals surface area (Å²) in [4.78, 5) is 23.8. The minimum Gasteiger partial charge on any atom is -0.467 e. The van der Waals surface area contributed by atoms with Crippen molar-refractivity contribution in [1.29, 1.82) is 0 Å². The minimum absolute atomic E-state index is 0.105. The smallest absolute Gasteiger partial charge is 0.268 e. The molecule has 0 saturated carbocycles. The largest absolute Gasteiger partial charge is 0.467 e. The fraction of sp³-hybridized carbons (Fsp3) is 0.200.